The van der Waals surface area contributed by atoms with Crippen molar-refractivity contribution < 1.29 is 14.0 Å². The number of carbonyl (C=O) groups is 2. The fraction of sp³-hybridized carbons (Fsp3) is 0.625. The van der Waals surface area contributed by atoms with Crippen molar-refractivity contribution in [3.05, 3.63) is 23.8 Å². The van der Waals surface area contributed by atoms with E-state index in [0.717, 1.165) is 12.0 Å². The van der Waals surface area contributed by atoms with Crippen LogP contribution in [-0.4, -0.2) is 59.0 Å². The lowest BCUT2D eigenvalue weighted by molar-refractivity contribution is -0.127. The quantitative estimate of drug-likeness (QED) is 0.582. The number of hydrogen-bond donors (Lipinski definition) is 2. The average molecular weight is 371 g/mol. The molecule has 3 amide bonds. The molecule has 24 heavy (non-hydrogen) atoms. The van der Waals surface area contributed by atoms with E-state index < -0.39 is 11.7 Å². The number of hydrogen-bond acceptors (Lipinski definition) is 2. The molecule has 0 spiro atoms. The van der Waals surface area contributed by atoms with Gasteiger partial charge in [0, 0.05) is 24.3 Å². The molecule has 1 aliphatic carbocycles. The van der Waals surface area contributed by atoms with Crippen molar-refractivity contribution in [1.29, 1.82) is 0 Å². The number of rotatable bonds is 3. The third-order valence-corrected chi connectivity index (χ3v) is 7.19. The van der Waals surface area contributed by atoms with Crippen LogP contribution >= 0.6 is 18.5 Å². The molecular formula is C16H24FN3O2P2. The van der Waals surface area contributed by atoms with E-state index in [-0.39, 0.29) is 35.7 Å². The van der Waals surface area contributed by atoms with E-state index in [0.29, 0.717) is 13.1 Å². The van der Waals surface area contributed by atoms with Crippen molar-refractivity contribution >= 4 is 30.4 Å². The first-order valence-electron chi connectivity index (χ1n) is 8.24. The minimum atomic E-state index is -0.990. The van der Waals surface area contributed by atoms with Crippen LogP contribution in [0.15, 0.2) is 23.8 Å². The second kappa shape index (κ2) is 6.72. The van der Waals surface area contributed by atoms with E-state index >= 15 is 0 Å². The highest BCUT2D eigenvalue weighted by atomic mass is 31.0. The normalized spacial score (nSPS) is 39.5. The Morgan fingerprint density at radius 3 is 2.75 bits per heavy atom. The molecule has 8 heteroatoms. The summed E-state index contributed by atoms with van der Waals surface area (Å²) in [7, 11) is 5.23. The zero-order valence-corrected chi connectivity index (χ0v) is 16.0. The van der Waals surface area contributed by atoms with Gasteiger partial charge in [-0.1, -0.05) is 12.2 Å². The van der Waals surface area contributed by atoms with Crippen molar-refractivity contribution in [3.8, 4) is 0 Å². The predicted octanol–water partition coefficient (Wildman–Crippen LogP) is 1.37. The van der Waals surface area contributed by atoms with E-state index in [9.17, 15) is 14.0 Å². The average Bonchev–Trinajstić information content (AvgIpc) is 2.81. The minimum absolute atomic E-state index is 0.0210. The first-order chi connectivity index (χ1) is 11.3. The molecule has 3 aliphatic rings. The fourth-order valence-corrected chi connectivity index (χ4v) is 4.44. The number of carbonyl (C=O) groups excluding carboxylic acids is 2. The van der Waals surface area contributed by atoms with Crippen LogP contribution in [0, 0.1) is 0 Å². The Morgan fingerprint density at radius 1 is 1.42 bits per heavy atom. The van der Waals surface area contributed by atoms with Crippen LogP contribution in [0.2, 0.25) is 0 Å². The number of nitrogens with zero attached hydrogens (tertiary/aromatic N) is 1. The Hall–Kier alpha value is -0.990. The molecule has 0 saturated carbocycles. The second-order valence-corrected chi connectivity index (χ2v) is 8.35. The zero-order chi connectivity index (χ0) is 17.5. The molecule has 5 unspecified atom stereocenters. The molecule has 2 heterocycles. The van der Waals surface area contributed by atoms with Gasteiger partial charge < -0.3 is 15.5 Å². The maximum atomic E-state index is 14.5. The summed E-state index contributed by atoms with van der Waals surface area (Å²) in [5.74, 6) is -0.0615. The van der Waals surface area contributed by atoms with Gasteiger partial charge in [0.2, 0.25) is 5.91 Å². The van der Waals surface area contributed by atoms with Crippen LogP contribution in [0.4, 0.5) is 9.18 Å². The van der Waals surface area contributed by atoms with Gasteiger partial charge in [-0.3, -0.25) is 4.79 Å². The molecule has 0 bridgehead atoms. The van der Waals surface area contributed by atoms with E-state index in [4.69, 9.17) is 0 Å². The summed E-state index contributed by atoms with van der Waals surface area (Å²) < 4.78 is 14.5. The third kappa shape index (κ3) is 3.11. The molecule has 7 atom stereocenters. The minimum Gasteiger partial charge on any atom is -0.336 e. The van der Waals surface area contributed by atoms with Crippen LogP contribution in [0.5, 0.6) is 0 Å². The van der Waals surface area contributed by atoms with E-state index in [2.05, 4.69) is 29.1 Å². The molecule has 132 valence electrons. The van der Waals surface area contributed by atoms with Gasteiger partial charge in [-0.2, -0.15) is 0 Å². The lowest BCUT2D eigenvalue weighted by atomic mass is 9.77. The van der Waals surface area contributed by atoms with Gasteiger partial charge in [0.25, 0.3) is 0 Å². The summed E-state index contributed by atoms with van der Waals surface area (Å²) in [5.41, 5.74) is -0.0769. The van der Waals surface area contributed by atoms with Gasteiger partial charge in [-0.05, 0) is 25.0 Å². The standard InChI is InChI=1S/C16H24FN3O2P2/c1-9-16(19-15(22)18-9,8-20-5-3-2-4-13(20)21)10-6-11(17)14(24)12(23)7-10/h2,4,7,9,11-12,14H,3,5-6,8,23-24H2,1H3,(H2,18,19,22)/t9?,11-,12?,14-,16?/m1/s1. The summed E-state index contributed by atoms with van der Waals surface area (Å²) in [6.45, 7) is 2.87. The topological polar surface area (TPSA) is 61.4 Å². The fourth-order valence-electron chi connectivity index (χ4n) is 3.72. The SMILES string of the molecule is CC1NC(=O)NC1(CN1CCC=CC1=O)C1=CC(P)[C@H](P)[C@H](F)C1. The summed E-state index contributed by atoms with van der Waals surface area (Å²) in [5, 5.41) is 5.86. The highest BCUT2D eigenvalue weighted by Gasteiger charge is 2.50. The Balaban J connectivity index is 1.95. The van der Waals surface area contributed by atoms with Gasteiger partial charge in [0.15, 0.2) is 0 Å². The first kappa shape index (κ1) is 17.8. The molecule has 0 aromatic heterocycles. The van der Waals surface area contributed by atoms with Crippen LogP contribution in [0.3, 0.4) is 0 Å². The van der Waals surface area contributed by atoms with Crippen molar-refractivity contribution in [2.24, 2.45) is 0 Å². The molecule has 3 rings (SSSR count). The lowest BCUT2D eigenvalue weighted by Crippen LogP contribution is -2.60. The van der Waals surface area contributed by atoms with E-state index in [1.807, 2.05) is 19.1 Å². The van der Waals surface area contributed by atoms with Gasteiger partial charge in [0.1, 0.15) is 11.7 Å². The molecule has 5 nitrogen and oxygen atoms in total. The highest BCUT2D eigenvalue weighted by molar-refractivity contribution is 7.23. The Kier molecular flexibility index (Phi) is 4.99. The van der Waals surface area contributed by atoms with Crippen molar-refractivity contribution in [2.75, 3.05) is 13.1 Å². The smallest absolute Gasteiger partial charge is 0.315 e. The van der Waals surface area contributed by atoms with Gasteiger partial charge in [0.05, 0.1) is 12.6 Å². The maximum Gasteiger partial charge on any atom is 0.315 e. The Bertz CT molecular complexity index is 612. The Labute approximate surface area is 146 Å². The molecule has 2 N–H and O–H groups in total. The first-order valence-corrected chi connectivity index (χ1v) is 9.57. The van der Waals surface area contributed by atoms with Gasteiger partial charge in [-0.25, -0.2) is 9.18 Å². The molecule has 1 fully saturated rings. The number of urea groups is 1. The van der Waals surface area contributed by atoms with Gasteiger partial charge in [-0.15, -0.1) is 18.5 Å². The molecule has 2 aliphatic heterocycles. The van der Waals surface area contributed by atoms with Crippen molar-refractivity contribution in [2.45, 2.75) is 48.8 Å². The zero-order valence-electron chi connectivity index (χ0n) is 13.7. The molecule has 0 radical (unpaired) electrons. The summed E-state index contributed by atoms with van der Waals surface area (Å²) in [4.78, 5) is 25.9. The number of allylic oxidation sites excluding steroid dienone is 1. The van der Waals surface area contributed by atoms with E-state index in [1.165, 1.54) is 0 Å². The Morgan fingerprint density at radius 2 is 2.17 bits per heavy atom. The summed E-state index contributed by atoms with van der Waals surface area (Å²) in [6, 6.07) is -0.493. The summed E-state index contributed by atoms with van der Waals surface area (Å²) in [6.07, 6.45) is 5.53. The number of amides is 3. The number of nitrogens with one attached hydrogen (secondary N) is 2. The largest absolute Gasteiger partial charge is 0.336 e. The lowest BCUT2D eigenvalue weighted by Gasteiger charge is -2.43. The number of halogens is 1. The molecule has 0 aromatic carbocycles. The van der Waals surface area contributed by atoms with Gasteiger partial charge >= 0.3 is 6.03 Å². The maximum absolute atomic E-state index is 14.5. The monoisotopic (exact) mass is 371 g/mol. The summed E-state index contributed by atoms with van der Waals surface area (Å²) >= 11 is 0. The highest BCUT2D eigenvalue weighted by Crippen LogP contribution is 2.39. The number of alkyl halides is 1. The predicted molar refractivity (Wildman–Crippen MR) is 98.8 cm³/mol. The van der Waals surface area contributed by atoms with Crippen molar-refractivity contribution in [3.63, 3.8) is 0 Å². The molecule has 1 saturated heterocycles. The van der Waals surface area contributed by atoms with Crippen LogP contribution < -0.4 is 10.6 Å². The molecule has 0 aromatic rings. The van der Waals surface area contributed by atoms with Crippen molar-refractivity contribution in [1.82, 2.24) is 15.5 Å². The second-order valence-electron chi connectivity index (χ2n) is 6.81. The van der Waals surface area contributed by atoms with Crippen LogP contribution in [-0.2, 0) is 4.79 Å². The van der Waals surface area contributed by atoms with Crippen LogP contribution in [0.1, 0.15) is 19.8 Å². The molecular weight excluding hydrogens is 347 g/mol. The third-order valence-electron chi connectivity index (χ3n) is 5.25. The van der Waals surface area contributed by atoms with E-state index in [1.54, 1.807) is 11.0 Å². The van der Waals surface area contributed by atoms with Crippen LogP contribution in [0.25, 0.3) is 0 Å².